The Kier molecular flexibility index (Phi) is 1.59. The van der Waals surface area contributed by atoms with E-state index in [9.17, 15) is 0 Å². The lowest BCUT2D eigenvalue weighted by molar-refractivity contribution is 0.934. The highest BCUT2D eigenvalue weighted by Gasteiger charge is 2.27. The van der Waals surface area contributed by atoms with Crippen LogP contribution in [0.5, 0.6) is 0 Å². The first-order valence-corrected chi connectivity index (χ1v) is 5.11. The zero-order chi connectivity index (χ0) is 9.71. The fraction of sp³-hybridized carbons (Fsp3) is 0.400. The molecule has 0 radical (unpaired) electrons. The van der Waals surface area contributed by atoms with Crippen LogP contribution in [-0.4, -0.2) is 14.5 Å². The van der Waals surface area contributed by atoms with Crippen molar-refractivity contribution in [3.05, 3.63) is 23.2 Å². The van der Waals surface area contributed by atoms with Crippen molar-refractivity contribution in [1.29, 1.82) is 0 Å². The molecule has 0 amide bonds. The summed E-state index contributed by atoms with van der Waals surface area (Å²) < 4.78 is 1.89. The van der Waals surface area contributed by atoms with Gasteiger partial charge in [0.1, 0.15) is 17.1 Å². The highest BCUT2D eigenvalue weighted by molar-refractivity contribution is 6.30. The van der Waals surface area contributed by atoms with Gasteiger partial charge < -0.3 is 4.57 Å². The van der Waals surface area contributed by atoms with Crippen molar-refractivity contribution < 1.29 is 0 Å². The molecule has 1 fully saturated rings. The topological polar surface area (TPSA) is 30.7 Å². The summed E-state index contributed by atoms with van der Waals surface area (Å²) in [5.41, 5.74) is 2.10. The Labute approximate surface area is 86.7 Å². The number of fused-ring (bicyclic) bond motifs is 1. The SMILES string of the molecule is Cn1c(Cl)cc2c(C3CC3)ncnc21. The number of rotatable bonds is 1. The summed E-state index contributed by atoms with van der Waals surface area (Å²) in [4.78, 5) is 8.58. The minimum atomic E-state index is 0.638. The van der Waals surface area contributed by atoms with Crippen LogP contribution in [0.3, 0.4) is 0 Å². The molecule has 0 spiro atoms. The molecule has 72 valence electrons. The van der Waals surface area contributed by atoms with E-state index in [4.69, 9.17) is 11.6 Å². The molecule has 2 aromatic rings. The number of hydrogen-bond donors (Lipinski definition) is 0. The van der Waals surface area contributed by atoms with E-state index in [0.717, 1.165) is 21.9 Å². The van der Waals surface area contributed by atoms with E-state index in [1.165, 1.54) is 12.8 Å². The normalized spacial score (nSPS) is 16.4. The summed E-state index contributed by atoms with van der Waals surface area (Å²) >= 11 is 6.04. The van der Waals surface area contributed by atoms with Gasteiger partial charge in [-0.05, 0) is 18.9 Å². The summed E-state index contributed by atoms with van der Waals surface area (Å²) in [6.07, 6.45) is 4.13. The summed E-state index contributed by atoms with van der Waals surface area (Å²) in [6.45, 7) is 0. The lowest BCUT2D eigenvalue weighted by Gasteiger charge is -1.99. The van der Waals surface area contributed by atoms with Crippen molar-refractivity contribution in [2.45, 2.75) is 18.8 Å². The highest BCUT2D eigenvalue weighted by atomic mass is 35.5. The maximum Gasteiger partial charge on any atom is 0.144 e. The Morgan fingerprint density at radius 1 is 1.43 bits per heavy atom. The first-order valence-electron chi connectivity index (χ1n) is 4.73. The van der Waals surface area contributed by atoms with E-state index in [0.29, 0.717) is 5.92 Å². The van der Waals surface area contributed by atoms with E-state index in [1.54, 1.807) is 6.33 Å². The van der Waals surface area contributed by atoms with Crippen molar-refractivity contribution in [3.8, 4) is 0 Å². The summed E-state index contributed by atoms with van der Waals surface area (Å²) in [5, 5.41) is 1.84. The fourth-order valence-corrected chi connectivity index (χ4v) is 1.99. The average molecular weight is 208 g/mol. The molecule has 1 aliphatic rings. The molecule has 0 atom stereocenters. The van der Waals surface area contributed by atoms with E-state index in [2.05, 4.69) is 9.97 Å². The first-order chi connectivity index (χ1) is 6.77. The minimum Gasteiger partial charge on any atom is -0.319 e. The van der Waals surface area contributed by atoms with Gasteiger partial charge in [-0.25, -0.2) is 9.97 Å². The molecule has 3 nitrogen and oxygen atoms in total. The maximum absolute atomic E-state index is 6.04. The van der Waals surface area contributed by atoms with Gasteiger partial charge >= 0.3 is 0 Å². The molecule has 0 unspecified atom stereocenters. The van der Waals surface area contributed by atoms with Crippen LogP contribution in [0, 0.1) is 0 Å². The van der Waals surface area contributed by atoms with E-state index in [1.807, 2.05) is 17.7 Å². The summed E-state index contributed by atoms with van der Waals surface area (Å²) in [6, 6.07) is 1.96. The van der Waals surface area contributed by atoms with Gasteiger partial charge in [-0.15, -0.1) is 0 Å². The third-order valence-electron chi connectivity index (χ3n) is 2.76. The molecule has 0 aromatic carbocycles. The molecule has 4 heteroatoms. The Balaban J connectivity index is 2.35. The quantitative estimate of drug-likeness (QED) is 0.720. The summed E-state index contributed by atoms with van der Waals surface area (Å²) in [5.74, 6) is 0.638. The number of aryl methyl sites for hydroxylation is 1. The summed E-state index contributed by atoms with van der Waals surface area (Å²) in [7, 11) is 1.92. The van der Waals surface area contributed by atoms with Gasteiger partial charge in [0.25, 0.3) is 0 Å². The lowest BCUT2D eigenvalue weighted by atomic mass is 10.2. The third kappa shape index (κ3) is 1.05. The molecule has 0 bridgehead atoms. The lowest BCUT2D eigenvalue weighted by Crippen LogP contribution is -1.93. The molecule has 1 saturated carbocycles. The van der Waals surface area contributed by atoms with Crippen LogP contribution in [0.1, 0.15) is 24.5 Å². The van der Waals surface area contributed by atoms with Crippen molar-refractivity contribution in [2.75, 3.05) is 0 Å². The smallest absolute Gasteiger partial charge is 0.144 e. The van der Waals surface area contributed by atoms with Crippen molar-refractivity contribution in [1.82, 2.24) is 14.5 Å². The van der Waals surface area contributed by atoms with E-state index >= 15 is 0 Å². The molecule has 2 heterocycles. The van der Waals surface area contributed by atoms with Crippen LogP contribution in [0.15, 0.2) is 12.4 Å². The standard InChI is InChI=1S/C10H10ClN3/c1-14-8(11)4-7-9(6-2-3-6)12-5-13-10(7)14/h4-6H,2-3H2,1H3. The molecule has 3 rings (SSSR count). The number of hydrogen-bond acceptors (Lipinski definition) is 2. The maximum atomic E-state index is 6.04. The van der Waals surface area contributed by atoms with Crippen LogP contribution in [0.25, 0.3) is 11.0 Å². The van der Waals surface area contributed by atoms with E-state index < -0.39 is 0 Å². The Hall–Kier alpha value is -1.09. The second kappa shape index (κ2) is 2.70. The fourth-order valence-electron chi connectivity index (χ4n) is 1.80. The van der Waals surface area contributed by atoms with Crippen molar-refractivity contribution in [2.24, 2.45) is 7.05 Å². The second-order valence-electron chi connectivity index (χ2n) is 3.80. The van der Waals surface area contributed by atoms with E-state index in [-0.39, 0.29) is 0 Å². The van der Waals surface area contributed by atoms with Crippen molar-refractivity contribution in [3.63, 3.8) is 0 Å². The molecule has 0 saturated heterocycles. The van der Waals surface area contributed by atoms with Gasteiger partial charge in [0.15, 0.2) is 0 Å². The van der Waals surface area contributed by atoms with Gasteiger partial charge in [-0.2, -0.15) is 0 Å². The van der Waals surface area contributed by atoms with Gasteiger partial charge in [-0.1, -0.05) is 11.6 Å². The Bertz CT molecular complexity index is 499. The van der Waals surface area contributed by atoms with Gasteiger partial charge in [0.05, 0.1) is 5.69 Å². The zero-order valence-corrected chi connectivity index (χ0v) is 8.62. The van der Waals surface area contributed by atoms with Gasteiger partial charge in [-0.3, -0.25) is 0 Å². The van der Waals surface area contributed by atoms with Gasteiger partial charge in [0, 0.05) is 18.4 Å². The van der Waals surface area contributed by atoms with Crippen LogP contribution >= 0.6 is 11.6 Å². The zero-order valence-electron chi connectivity index (χ0n) is 7.87. The molecule has 0 aliphatic heterocycles. The van der Waals surface area contributed by atoms with Crippen LogP contribution in [-0.2, 0) is 7.05 Å². The second-order valence-corrected chi connectivity index (χ2v) is 4.18. The number of nitrogens with zero attached hydrogens (tertiary/aromatic N) is 3. The number of aromatic nitrogens is 3. The van der Waals surface area contributed by atoms with Crippen LogP contribution < -0.4 is 0 Å². The largest absolute Gasteiger partial charge is 0.319 e. The van der Waals surface area contributed by atoms with Crippen LogP contribution in [0.4, 0.5) is 0 Å². The molecule has 2 aromatic heterocycles. The number of halogens is 1. The van der Waals surface area contributed by atoms with Crippen LogP contribution in [0.2, 0.25) is 5.15 Å². The third-order valence-corrected chi connectivity index (χ3v) is 3.12. The Morgan fingerprint density at radius 3 is 2.93 bits per heavy atom. The monoisotopic (exact) mass is 207 g/mol. The first kappa shape index (κ1) is 8.24. The molecular weight excluding hydrogens is 198 g/mol. The molecule has 14 heavy (non-hydrogen) atoms. The van der Waals surface area contributed by atoms with Gasteiger partial charge in [0.2, 0.25) is 0 Å². The molecule has 0 N–H and O–H groups in total. The predicted molar refractivity (Wildman–Crippen MR) is 55.5 cm³/mol. The predicted octanol–water partition coefficient (Wildman–Crippen LogP) is 2.50. The minimum absolute atomic E-state index is 0.638. The van der Waals surface area contributed by atoms with Crippen molar-refractivity contribution >= 4 is 22.6 Å². The average Bonchev–Trinajstić information content (AvgIpc) is 2.96. The molecule has 1 aliphatic carbocycles. The molecular formula is C10H10ClN3. The Morgan fingerprint density at radius 2 is 2.21 bits per heavy atom. The highest BCUT2D eigenvalue weighted by Crippen LogP contribution is 2.42.